The van der Waals surface area contributed by atoms with Gasteiger partial charge in [-0.3, -0.25) is 19.1 Å². The van der Waals surface area contributed by atoms with Gasteiger partial charge in [0.05, 0.1) is 23.6 Å². The summed E-state index contributed by atoms with van der Waals surface area (Å²) in [5.41, 5.74) is 5.95. The Hall–Kier alpha value is -3.23. The van der Waals surface area contributed by atoms with Crippen LogP contribution in [0.5, 0.6) is 0 Å². The van der Waals surface area contributed by atoms with Crippen molar-refractivity contribution in [3.8, 4) is 22.5 Å². The Morgan fingerprint density at radius 2 is 1.94 bits per heavy atom. The predicted molar refractivity (Wildman–Crippen MR) is 141 cm³/mol. The molecule has 6 rings (SSSR count). The number of rotatable bonds is 4. The van der Waals surface area contributed by atoms with E-state index in [1.54, 1.807) is 10.9 Å². The maximum atomic E-state index is 11.6. The van der Waals surface area contributed by atoms with Gasteiger partial charge in [-0.25, -0.2) is 0 Å². The largest absolute Gasteiger partial charge is 0.381 e. The molecule has 0 atom stereocenters. The predicted octanol–water partition coefficient (Wildman–Crippen LogP) is 5.04. The van der Waals surface area contributed by atoms with E-state index in [4.69, 9.17) is 26.4 Å². The number of carbonyl (C=O) groups is 1. The van der Waals surface area contributed by atoms with Crippen LogP contribution in [0.2, 0.25) is 5.02 Å². The van der Waals surface area contributed by atoms with E-state index in [2.05, 4.69) is 9.78 Å². The third-order valence-electron chi connectivity index (χ3n) is 6.86. The fourth-order valence-corrected chi connectivity index (χ4v) is 5.36. The molecule has 0 N–H and O–H groups in total. The number of pyridine rings is 1. The molecule has 36 heavy (non-hydrogen) atoms. The Morgan fingerprint density at radius 1 is 1.14 bits per heavy atom. The highest BCUT2D eigenvalue weighted by molar-refractivity contribution is 6.32. The van der Waals surface area contributed by atoms with E-state index in [0.717, 1.165) is 77.7 Å². The number of hydrogen-bond donors (Lipinski definition) is 0. The highest BCUT2D eigenvalue weighted by Gasteiger charge is 2.29. The summed E-state index contributed by atoms with van der Waals surface area (Å²) in [6, 6.07) is 6.27. The summed E-state index contributed by atoms with van der Waals surface area (Å²) < 4.78 is 9.54. The first kappa shape index (κ1) is 24.5. The number of amides is 1. The molecule has 0 unspecified atom stereocenters. The molecule has 3 aromatic heterocycles. The van der Waals surface area contributed by atoms with Gasteiger partial charge in [0.15, 0.2) is 0 Å². The molecule has 0 aliphatic carbocycles. The lowest BCUT2D eigenvalue weighted by Gasteiger charge is -2.28. The SMILES string of the molecule is CC.Cn1cc(-c2cc3cc(Cl)cc(-c4nn(C5CCOCC5)c5c4CN(C=O)CC5)c3cn2)cn1. The zero-order valence-electron chi connectivity index (χ0n) is 20.9. The van der Waals surface area contributed by atoms with Crippen molar-refractivity contribution in [3.05, 3.63) is 53.1 Å². The first-order valence-electron chi connectivity index (χ1n) is 12.6. The van der Waals surface area contributed by atoms with Crippen LogP contribution < -0.4 is 0 Å². The number of ether oxygens (including phenoxy) is 1. The van der Waals surface area contributed by atoms with Crippen molar-refractivity contribution in [3.63, 3.8) is 0 Å². The monoisotopic (exact) mass is 506 g/mol. The van der Waals surface area contributed by atoms with E-state index in [0.29, 0.717) is 24.2 Å². The third kappa shape index (κ3) is 4.51. The quantitative estimate of drug-likeness (QED) is 0.362. The molecule has 9 heteroatoms. The Balaban J connectivity index is 0.00000130. The lowest BCUT2D eigenvalue weighted by atomic mass is 9.97. The molecule has 0 radical (unpaired) electrons. The molecule has 0 saturated carbocycles. The molecule has 1 amide bonds. The van der Waals surface area contributed by atoms with Crippen LogP contribution in [-0.4, -0.2) is 55.6 Å². The van der Waals surface area contributed by atoms with Gasteiger partial charge in [0.2, 0.25) is 6.41 Å². The van der Waals surface area contributed by atoms with Crippen LogP contribution in [0.15, 0.2) is 36.8 Å². The smallest absolute Gasteiger partial charge is 0.210 e. The summed E-state index contributed by atoms with van der Waals surface area (Å²) in [7, 11) is 1.89. The number of halogens is 1. The van der Waals surface area contributed by atoms with Crippen LogP contribution in [0.3, 0.4) is 0 Å². The number of aryl methyl sites for hydroxylation is 1. The topological polar surface area (TPSA) is 78.1 Å². The minimum atomic E-state index is 0.305. The van der Waals surface area contributed by atoms with Gasteiger partial charge < -0.3 is 9.64 Å². The molecular weight excluding hydrogens is 476 g/mol. The number of fused-ring (bicyclic) bond motifs is 2. The minimum Gasteiger partial charge on any atom is -0.381 e. The highest BCUT2D eigenvalue weighted by Crippen LogP contribution is 2.38. The van der Waals surface area contributed by atoms with Crippen LogP contribution in [0.4, 0.5) is 0 Å². The van der Waals surface area contributed by atoms with Gasteiger partial charge >= 0.3 is 0 Å². The number of hydrogen-bond acceptors (Lipinski definition) is 5. The van der Waals surface area contributed by atoms with E-state index < -0.39 is 0 Å². The van der Waals surface area contributed by atoms with Gasteiger partial charge in [0.1, 0.15) is 0 Å². The van der Waals surface area contributed by atoms with Crippen LogP contribution in [0.1, 0.15) is 44.0 Å². The van der Waals surface area contributed by atoms with E-state index >= 15 is 0 Å². The fourth-order valence-electron chi connectivity index (χ4n) is 5.13. The molecule has 1 aromatic carbocycles. The van der Waals surface area contributed by atoms with Crippen molar-refractivity contribution >= 4 is 28.8 Å². The molecule has 1 fully saturated rings. The van der Waals surface area contributed by atoms with Crippen molar-refractivity contribution in [2.24, 2.45) is 7.05 Å². The van der Waals surface area contributed by atoms with Crippen LogP contribution >= 0.6 is 11.6 Å². The zero-order valence-corrected chi connectivity index (χ0v) is 21.7. The molecule has 5 heterocycles. The van der Waals surface area contributed by atoms with Crippen LogP contribution in [0.25, 0.3) is 33.3 Å². The van der Waals surface area contributed by atoms with Gasteiger partial charge in [-0.1, -0.05) is 25.4 Å². The Kier molecular flexibility index (Phi) is 7.07. The van der Waals surface area contributed by atoms with Gasteiger partial charge in [-0.15, -0.1) is 0 Å². The van der Waals surface area contributed by atoms with E-state index in [1.807, 2.05) is 56.4 Å². The normalized spacial score (nSPS) is 15.9. The maximum Gasteiger partial charge on any atom is 0.210 e. The second-order valence-electron chi connectivity index (χ2n) is 9.03. The number of nitrogens with zero attached hydrogens (tertiary/aromatic N) is 6. The van der Waals surface area contributed by atoms with Crippen molar-refractivity contribution in [2.75, 3.05) is 19.8 Å². The van der Waals surface area contributed by atoms with Gasteiger partial charge in [0, 0.05) is 85.0 Å². The van der Waals surface area contributed by atoms with Gasteiger partial charge in [-0.2, -0.15) is 10.2 Å². The summed E-state index contributed by atoms with van der Waals surface area (Å²) in [5.74, 6) is 0. The van der Waals surface area contributed by atoms with Crippen molar-refractivity contribution in [1.29, 1.82) is 0 Å². The maximum absolute atomic E-state index is 11.6. The number of carbonyl (C=O) groups excluding carboxylic acids is 1. The average Bonchev–Trinajstić information content (AvgIpc) is 3.53. The molecule has 8 nitrogen and oxygen atoms in total. The zero-order chi connectivity index (χ0) is 25.2. The van der Waals surface area contributed by atoms with E-state index in [1.165, 1.54) is 5.69 Å². The first-order chi connectivity index (χ1) is 17.6. The van der Waals surface area contributed by atoms with Gasteiger partial charge in [-0.05, 0) is 36.4 Å². The molecule has 0 spiro atoms. The number of aromatic nitrogens is 5. The Morgan fingerprint density at radius 3 is 2.67 bits per heavy atom. The lowest BCUT2D eigenvalue weighted by molar-refractivity contribution is -0.118. The second-order valence-corrected chi connectivity index (χ2v) is 9.47. The first-order valence-corrected chi connectivity index (χ1v) is 12.9. The standard InChI is InChI=1S/C25H25ClN6O2.C2H6/c1-30-13-17(11-28-30)23-9-16-8-18(26)10-20(21(16)12-27-23)25-22-14-31(15-33)5-2-24(22)32(29-25)19-3-6-34-7-4-19;1-2/h8-13,15,19H,2-7,14H2,1H3;1-2H3. The molecule has 4 aromatic rings. The van der Waals surface area contributed by atoms with E-state index in [9.17, 15) is 4.79 Å². The van der Waals surface area contributed by atoms with E-state index in [-0.39, 0.29) is 0 Å². The molecule has 2 aliphatic heterocycles. The summed E-state index contributed by atoms with van der Waals surface area (Å²) in [5, 5.41) is 12.0. The summed E-state index contributed by atoms with van der Waals surface area (Å²) >= 11 is 6.62. The minimum absolute atomic E-state index is 0.305. The van der Waals surface area contributed by atoms with Gasteiger partial charge in [0.25, 0.3) is 0 Å². The van der Waals surface area contributed by atoms with Crippen LogP contribution in [0, 0.1) is 0 Å². The Labute approximate surface area is 215 Å². The Bertz CT molecular complexity index is 1390. The molecule has 188 valence electrons. The van der Waals surface area contributed by atoms with Crippen molar-refractivity contribution in [2.45, 2.75) is 45.7 Å². The third-order valence-corrected chi connectivity index (χ3v) is 7.08. The van der Waals surface area contributed by atoms with Crippen molar-refractivity contribution in [1.82, 2.24) is 29.4 Å². The number of benzene rings is 1. The summed E-state index contributed by atoms with van der Waals surface area (Å²) in [6.45, 7) is 6.75. The lowest BCUT2D eigenvalue weighted by Crippen LogP contribution is -2.31. The molecule has 0 bridgehead atoms. The second kappa shape index (κ2) is 10.4. The van der Waals surface area contributed by atoms with Crippen LogP contribution in [-0.2, 0) is 29.5 Å². The molecule has 1 saturated heterocycles. The molecule has 2 aliphatic rings. The van der Waals surface area contributed by atoms with Crippen molar-refractivity contribution < 1.29 is 9.53 Å². The fraction of sp³-hybridized carbons (Fsp3) is 0.407. The summed E-state index contributed by atoms with van der Waals surface area (Å²) in [4.78, 5) is 18.2. The highest BCUT2D eigenvalue weighted by atomic mass is 35.5. The molecular formula is C27H31ClN6O2. The average molecular weight is 507 g/mol. The summed E-state index contributed by atoms with van der Waals surface area (Å²) in [6.07, 6.45) is 9.24.